The van der Waals surface area contributed by atoms with Gasteiger partial charge in [0, 0.05) is 16.6 Å². The summed E-state index contributed by atoms with van der Waals surface area (Å²) in [5, 5.41) is 3.04. The molecule has 14 heavy (non-hydrogen) atoms. The van der Waals surface area contributed by atoms with Crippen LogP contribution in [0, 0.1) is 11.6 Å². The fraction of sp³-hybridized carbons (Fsp3) is 0.333. The minimum Gasteiger partial charge on any atom is -0.310 e. The molecule has 1 heterocycles. The Bertz CT molecular complexity index is 317. The molecule has 1 aliphatic rings. The number of hydrogen-bond acceptors (Lipinski definition) is 1. The highest BCUT2D eigenvalue weighted by Crippen LogP contribution is 2.29. The number of rotatable bonds is 1. The minimum absolute atomic E-state index is 0. The molecule has 0 aliphatic carbocycles. The zero-order chi connectivity index (χ0) is 9.42. The maximum Gasteiger partial charge on any atom is 0.132 e. The first-order valence-corrected chi connectivity index (χ1v) is 4.44. The summed E-state index contributed by atoms with van der Waals surface area (Å²) < 4.78 is 26.4. The number of nitrogens with one attached hydrogen (secondary N) is 1. The molecule has 1 aromatic rings. The van der Waals surface area contributed by atoms with Gasteiger partial charge < -0.3 is 5.32 Å². The molecule has 5 heteroatoms. The topological polar surface area (TPSA) is 12.0 Å². The standard InChI is InChI=1S/C9H8ClF2N.ClH/c10-5-3-6(11)9(7(12)4-5)8-1-2-13-8;/h3-4,8,13H,1-2H2;1H/t8-;/m0./s1. The first kappa shape index (κ1) is 11.7. The molecule has 0 bridgehead atoms. The smallest absolute Gasteiger partial charge is 0.132 e. The summed E-state index contributed by atoms with van der Waals surface area (Å²) in [6.45, 7) is 0.812. The Labute approximate surface area is 91.9 Å². The average Bonchev–Trinajstić information content (AvgIpc) is 1.92. The van der Waals surface area contributed by atoms with Crippen LogP contribution in [0.5, 0.6) is 0 Å². The third-order valence-corrected chi connectivity index (χ3v) is 2.43. The van der Waals surface area contributed by atoms with Gasteiger partial charge in [-0.05, 0) is 25.1 Å². The van der Waals surface area contributed by atoms with Crippen molar-refractivity contribution < 1.29 is 8.78 Å². The number of hydrogen-bond donors (Lipinski definition) is 1. The molecular formula is C9H9Cl2F2N. The monoisotopic (exact) mass is 239 g/mol. The molecule has 0 saturated carbocycles. The molecular weight excluding hydrogens is 231 g/mol. The predicted octanol–water partition coefficient (Wildman–Crippen LogP) is 3.07. The maximum absolute atomic E-state index is 13.2. The summed E-state index contributed by atoms with van der Waals surface area (Å²) in [6, 6.07) is 2.09. The van der Waals surface area contributed by atoms with Crippen LogP contribution in [0.3, 0.4) is 0 Å². The molecule has 1 fully saturated rings. The van der Waals surface area contributed by atoms with E-state index in [-0.39, 0.29) is 29.0 Å². The van der Waals surface area contributed by atoms with Crippen molar-refractivity contribution >= 4 is 24.0 Å². The van der Waals surface area contributed by atoms with E-state index < -0.39 is 11.6 Å². The summed E-state index contributed by atoms with van der Waals surface area (Å²) in [4.78, 5) is 0. The van der Waals surface area contributed by atoms with Crippen LogP contribution in [0.1, 0.15) is 18.0 Å². The molecule has 78 valence electrons. The van der Waals surface area contributed by atoms with E-state index in [1.54, 1.807) is 0 Å². The Hall–Kier alpha value is -0.380. The minimum atomic E-state index is -0.567. The van der Waals surface area contributed by atoms with Crippen LogP contribution in [0.25, 0.3) is 0 Å². The van der Waals surface area contributed by atoms with Gasteiger partial charge in [-0.1, -0.05) is 11.6 Å². The molecule has 0 unspecified atom stereocenters. The molecule has 1 aromatic carbocycles. The zero-order valence-electron chi connectivity index (χ0n) is 7.19. The van der Waals surface area contributed by atoms with Crippen molar-refractivity contribution in [2.75, 3.05) is 6.54 Å². The van der Waals surface area contributed by atoms with Crippen molar-refractivity contribution in [3.63, 3.8) is 0 Å². The Morgan fingerprint density at radius 2 is 1.79 bits per heavy atom. The van der Waals surface area contributed by atoms with E-state index in [4.69, 9.17) is 11.6 Å². The van der Waals surface area contributed by atoms with Crippen LogP contribution in [-0.4, -0.2) is 6.54 Å². The molecule has 1 nitrogen and oxygen atoms in total. The van der Waals surface area contributed by atoms with Crippen molar-refractivity contribution in [1.82, 2.24) is 5.32 Å². The highest BCUT2D eigenvalue weighted by molar-refractivity contribution is 6.30. The van der Waals surface area contributed by atoms with E-state index in [9.17, 15) is 8.78 Å². The van der Waals surface area contributed by atoms with Gasteiger partial charge in [-0.2, -0.15) is 0 Å². The largest absolute Gasteiger partial charge is 0.310 e. The van der Waals surface area contributed by atoms with Gasteiger partial charge in [0.25, 0.3) is 0 Å². The van der Waals surface area contributed by atoms with Gasteiger partial charge >= 0.3 is 0 Å². The zero-order valence-corrected chi connectivity index (χ0v) is 8.76. The summed E-state index contributed by atoms with van der Waals surface area (Å²) >= 11 is 5.49. The van der Waals surface area contributed by atoms with Crippen LogP contribution in [0.4, 0.5) is 8.78 Å². The molecule has 0 spiro atoms. The molecule has 1 N–H and O–H groups in total. The fourth-order valence-corrected chi connectivity index (χ4v) is 1.61. The molecule has 2 rings (SSSR count). The van der Waals surface area contributed by atoms with Gasteiger partial charge in [-0.25, -0.2) is 8.78 Å². The van der Waals surface area contributed by atoms with Gasteiger partial charge in [0.05, 0.1) is 0 Å². The molecule has 0 aromatic heterocycles. The van der Waals surface area contributed by atoms with E-state index in [1.165, 1.54) is 0 Å². The fourth-order valence-electron chi connectivity index (χ4n) is 1.42. The van der Waals surface area contributed by atoms with Crippen molar-refractivity contribution in [2.45, 2.75) is 12.5 Å². The lowest BCUT2D eigenvalue weighted by atomic mass is 9.97. The highest BCUT2D eigenvalue weighted by atomic mass is 35.5. The average molecular weight is 240 g/mol. The van der Waals surface area contributed by atoms with Crippen LogP contribution >= 0.6 is 24.0 Å². The van der Waals surface area contributed by atoms with Crippen LogP contribution < -0.4 is 5.32 Å². The van der Waals surface area contributed by atoms with Crippen molar-refractivity contribution in [2.24, 2.45) is 0 Å². The van der Waals surface area contributed by atoms with E-state index in [1.807, 2.05) is 0 Å². The predicted molar refractivity (Wildman–Crippen MR) is 54.0 cm³/mol. The lowest BCUT2D eigenvalue weighted by molar-refractivity contribution is 0.356. The van der Waals surface area contributed by atoms with E-state index in [0.717, 1.165) is 25.1 Å². The third kappa shape index (κ3) is 2.00. The van der Waals surface area contributed by atoms with Gasteiger partial charge in [-0.15, -0.1) is 12.4 Å². The maximum atomic E-state index is 13.2. The first-order valence-electron chi connectivity index (χ1n) is 4.06. The second kappa shape index (κ2) is 4.43. The lowest BCUT2D eigenvalue weighted by Gasteiger charge is -2.28. The first-order chi connectivity index (χ1) is 6.18. The Kier molecular flexibility index (Phi) is 3.70. The van der Waals surface area contributed by atoms with Crippen LogP contribution in [-0.2, 0) is 0 Å². The molecule has 1 atom stereocenters. The molecule has 0 radical (unpaired) electrons. The van der Waals surface area contributed by atoms with Gasteiger partial charge in [0.15, 0.2) is 0 Å². The van der Waals surface area contributed by atoms with Crippen LogP contribution in [0.2, 0.25) is 5.02 Å². The summed E-state index contributed by atoms with van der Waals surface area (Å²) in [6.07, 6.45) is 0.773. The Morgan fingerprint density at radius 3 is 2.14 bits per heavy atom. The van der Waals surface area contributed by atoms with Gasteiger partial charge in [-0.3, -0.25) is 0 Å². The Morgan fingerprint density at radius 1 is 1.29 bits per heavy atom. The van der Waals surface area contributed by atoms with E-state index >= 15 is 0 Å². The highest BCUT2D eigenvalue weighted by Gasteiger charge is 2.25. The summed E-state index contributed by atoms with van der Waals surface area (Å²) in [7, 11) is 0. The second-order valence-electron chi connectivity index (χ2n) is 3.08. The van der Waals surface area contributed by atoms with Crippen molar-refractivity contribution in [3.8, 4) is 0 Å². The van der Waals surface area contributed by atoms with Gasteiger partial charge in [0.1, 0.15) is 11.6 Å². The number of benzene rings is 1. The second-order valence-corrected chi connectivity index (χ2v) is 3.51. The lowest BCUT2D eigenvalue weighted by Crippen LogP contribution is -2.36. The summed E-state index contributed by atoms with van der Waals surface area (Å²) in [5.41, 5.74) is 0.107. The number of halogens is 4. The summed E-state index contributed by atoms with van der Waals surface area (Å²) in [5.74, 6) is -1.13. The SMILES string of the molecule is Cl.Fc1cc(Cl)cc(F)c1[C@@H]1CCN1. The normalized spacial score (nSPS) is 19.8. The van der Waals surface area contributed by atoms with E-state index in [2.05, 4.69) is 5.32 Å². The van der Waals surface area contributed by atoms with Gasteiger partial charge in [0.2, 0.25) is 0 Å². The molecule has 1 saturated heterocycles. The molecule has 0 amide bonds. The quantitative estimate of drug-likeness (QED) is 0.795. The molecule has 1 aliphatic heterocycles. The van der Waals surface area contributed by atoms with Crippen molar-refractivity contribution in [1.29, 1.82) is 0 Å². The van der Waals surface area contributed by atoms with Crippen molar-refractivity contribution in [3.05, 3.63) is 34.4 Å². The van der Waals surface area contributed by atoms with Crippen LogP contribution in [0.15, 0.2) is 12.1 Å². The van der Waals surface area contributed by atoms with E-state index in [0.29, 0.717) is 0 Å². The Balaban J connectivity index is 0.000000980. The third-order valence-electron chi connectivity index (χ3n) is 2.22.